The number of aromatic nitrogens is 1. The van der Waals surface area contributed by atoms with Crippen LogP contribution in [0.2, 0.25) is 0 Å². The summed E-state index contributed by atoms with van der Waals surface area (Å²) in [7, 11) is 1.23. The molecule has 0 aliphatic heterocycles. The van der Waals surface area contributed by atoms with Crippen molar-refractivity contribution in [3.05, 3.63) is 71.4 Å². The van der Waals surface area contributed by atoms with E-state index in [1.54, 1.807) is 10.8 Å². The van der Waals surface area contributed by atoms with E-state index in [4.69, 9.17) is 0 Å². The molecule has 6 heteroatoms. The van der Waals surface area contributed by atoms with E-state index in [0.717, 1.165) is 22.2 Å². The number of methoxy groups -OCH3 is 1. The summed E-state index contributed by atoms with van der Waals surface area (Å²) < 4.78 is 6.42. The van der Waals surface area contributed by atoms with Gasteiger partial charge in [0.25, 0.3) is 0 Å². The molecule has 0 saturated heterocycles. The number of ether oxygens (including phenoxy) is 1. The van der Waals surface area contributed by atoms with Crippen molar-refractivity contribution in [2.75, 3.05) is 12.4 Å². The first-order valence-corrected chi connectivity index (χ1v) is 8.66. The number of carbonyl (C=O) groups excluding carboxylic acids is 2. The topological polar surface area (TPSA) is 84.1 Å². The molecule has 0 spiro atoms. The Morgan fingerprint density at radius 2 is 1.89 bits per heavy atom. The summed E-state index contributed by atoms with van der Waals surface area (Å²) in [5.41, 5.74) is 3.24. The van der Waals surface area contributed by atoms with Crippen LogP contribution in [0.1, 0.15) is 11.1 Å². The maximum atomic E-state index is 12.5. The summed E-state index contributed by atoms with van der Waals surface area (Å²) >= 11 is 0. The molecular weight excluding hydrogens is 354 g/mol. The monoisotopic (exact) mass is 373 g/mol. The first kappa shape index (κ1) is 18.9. The van der Waals surface area contributed by atoms with Crippen molar-refractivity contribution in [2.45, 2.75) is 13.5 Å². The Morgan fingerprint density at radius 3 is 2.57 bits per heavy atom. The van der Waals surface area contributed by atoms with Gasteiger partial charge in [0.1, 0.15) is 18.2 Å². The Bertz CT molecular complexity index is 1100. The number of amides is 1. The molecule has 0 aliphatic rings. The van der Waals surface area contributed by atoms with E-state index in [1.165, 1.54) is 13.2 Å². The van der Waals surface area contributed by atoms with Gasteiger partial charge in [0.2, 0.25) is 5.91 Å². The molecule has 140 valence electrons. The number of aryl methyl sites for hydroxylation is 1. The highest BCUT2D eigenvalue weighted by molar-refractivity contribution is 6.01. The number of benzene rings is 2. The van der Waals surface area contributed by atoms with Gasteiger partial charge in [0.05, 0.1) is 7.11 Å². The molecule has 1 aromatic heterocycles. The summed E-state index contributed by atoms with van der Waals surface area (Å²) in [6.45, 7) is 2.08. The van der Waals surface area contributed by atoms with Crippen LogP contribution < -0.4 is 5.32 Å². The molecule has 0 aliphatic carbocycles. The summed E-state index contributed by atoms with van der Waals surface area (Å²) in [5, 5.41) is 12.9. The fourth-order valence-electron chi connectivity index (χ4n) is 2.92. The molecule has 0 fully saturated rings. The minimum Gasteiger partial charge on any atom is -0.465 e. The van der Waals surface area contributed by atoms with E-state index < -0.39 is 5.97 Å². The summed E-state index contributed by atoms with van der Waals surface area (Å²) in [6, 6.07) is 16.9. The maximum Gasteiger partial charge on any atom is 0.348 e. The average molecular weight is 373 g/mol. The Hall–Kier alpha value is -3.85. The van der Waals surface area contributed by atoms with Crippen LogP contribution in [0.4, 0.5) is 5.69 Å². The molecular formula is C22H19N3O3. The van der Waals surface area contributed by atoms with Crippen molar-refractivity contribution in [2.24, 2.45) is 0 Å². The van der Waals surface area contributed by atoms with Crippen LogP contribution in [-0.4, -0.2) is 23.6 Å². The van der Waals surface area contributed by atoms with Crippen LogP contribution in [0.5, 0.6) is 0 Å². The fourth-order valence-corrected chi connectivity index (χ4v) is 2.92. The normalized spacial score (nSPS) is 11.1. The molecule has 0 unspecified atom stereocenters. The number of rotatable bonds is 5. The molecule has 0 saturated carbocycles. The van der Waals surface area contributed by atoms with Gasteiger partial charge in [0, 0.05) is 28.4 Å². The number of hydrogen-bond donors (Lipinski definition) is 1. The summed E-state index contributed by atoms with van der Waals surface area (Å²) in [4.78, 5) is 24.2. The van der Waals surface area contributed by atoms with Crippen LogP contribution in [0.15, 0.2) is 60.3 Å². The standard InChI is InChI=1S/C22H19N3O3/c1-15-7-9-18(10-8-15)24-21(26)14-25-13-17(11-16(12-23)22(27)28-2)19-5-3-4-6-20(19)25/h3-11,13H,14H2,1-2H3,(H,24,26)/b16-11+. The quantitative estimate of drug-likeness (QED) is 0.420. The number of hydrogen-bond acceptors (Lipinski definition) is 4. The van der Waals surface area contributed by atoms with Gasteiger partial charge in [-0.3, -0.25) is 4.79 Å². The lowest BCUT2D eigenvalue weighted by atomic mass is 10.1. The third-order valence-electron chi connectivity index (χ3n) is 4.29. The first-order chi connectivity index (χ1) is 13.5. The molecule has 0 atom stereocenters. The SMILES string of the molecule is COC(=O)/C(C#N)=C/c1cn(CC(=O)Nc2ccc(C)cc2)c2ccccc12. The van der Waals surface area contributed by atoms with Crippen LogP contribution in [0.25, 0.3) is 17.0 Å². The van der Waals surface area contributed by atoms with E-state index in [-0.39, 0.29) is 18.0 Å². The predicted octanol–water partition coefficient (Wildman–Crippen LogP) is 3.67. The lowest BCUT2D eigenvalue weighted by Crippen LogP contribution is -2.18. The number of nitrogens with zero attached hydrogens (tertiary/aromatic N) is 2. The lowest BCUT2D eigenvalue weighted by Gasteiger charge is -2.07. The van der Waals surface area contributed by atoms with E-state index in [0.29, 0.717) is 5.56 Å². The van der Waals surface area contributed by atoms with Crippen LogP contribution in [0, 0.1) is 18.3 Å². The van der Waals surface area contributed by atoms with E-state index in [2.05, 4.69) is 10.1 Å². The molecule has 6 nitrogen and oxygen atoms in total. The molecule has 3 rings (SSSR count). The van der Waals surface area contributed by atoms with E-state index >= 15 is 0 Å². The van der Waals surface area contributed by atoms with Crippen molar-refractivity contribution in [3.63, 3.8) is 0 Å². The van der Waals surface area contributed by atoms with Crippen LogP contribution in [-0.2, 0) is 20.9 Å². The zero-order chi connectivity index (χ0) is 20.1. The van der Waals surface area contributed by atoms with Gasteiger partial charge in [-0.2, -0.15) is 5.26 Å². The van der Waals surface area contributed by atoms with Gasteiger partial charge in [-0.05, 0) is 31.2 Å². The second kappa shape index (κ2) is 8.23. The minimum absolute atomic E-state index is 0.0995. The highest BCUT2D eigenvalue weighted by Gasteiger charge is 2.14. The Labute approximate surface area is 162 Å². The minimum atomic E-state index is -0.698. The molecule has 3 aromatic rings. The van der Waals surface area contributed by atoms with Gasteiger partial charge >= 0.3 is 5.97 Å². The van der Waals surface area contributed by atoms with Gasteiger partial charge < -0.3 is 14.6 Å². The zero-order valence-electron chi connectivity index (χ0n) is 15.6. The number of nitriles is 1. The van der Waals surface area contributed by atoms with Crippen LogP contribution >= 0.6 is 0 Å². The smallest absolute Gasteiger partial charge is 0.348 e. The van der Waals surface area contributed by atoms with Gasteiger partial charge in [-0.25, -0.2) is 4.79 Å². The number of carbonyl (C=O) groups is 2. The van der Waals surface area contributed by atoms with Crippen molar-refractivity contribution in [1.29, 1.82) is 5.26 Å². The van der Waals surface area contributed by atoms with E-state index in [1.807, 2.05) is 61.5 Å². The molecule has 2 aromatic carbocycles. The average Bonchev–Trinajstić information content (AvgIpc) is 3.04. The highest BCUT2D eigenvalue weighted by atomic mass is 16.5. The molecule has 28 heavy (non-hydrogen) atoms. The fraction of sp³-hybridized carbons (Fsp3) is 0.136. The van der Waals surface area contributed by atoms with Crippen molar-refractivity contribution in [1.82, 2.24) is 4.57 Å². The number of anilines is 1. The van der Waals surface area contributed by atoms with Gasteiger partial charge in [-0.1, -0.05) is 35.9 Å². The van der Waals surface area contributed by atoms with Crippen molar-refractivity contribution >= 4 is 34.5 Å². The molecule has 0 bridgehead atoms. The summed E-state index contributed by atoms with van der Waals surface area (Å²) in [5.74, 6) is -0.870. The maximum absolute atomic E-state index is 12.5. The zero-order valence-corrected chi connectivity index (χ0v) is 15.6. The Morgan fingerprint density at radius 1 is 1.18 bits per heavy atom. The lowest BCUT2D eigenvalue weighted by molar-refractivity contribution is -0.135. The first-order valence-electron chi connectivity index (χ1n) is 8.66. The molecule has 0 radical (unpaired) electrons. The highest BCUT2D eigenvalue weighted by Crippen LogP contribution is 2.24. The Kier molecular flexibility index (Phi) is 5.56. The second-order valence-corrected chi connectivity index (χ2v) is 6.31. The van der Waals surface area contributed by atoms with Gasteiger partial charge in [-0.15, -0.1) is 0 Å². The molecule has 1 heterocycles. The molecule has 1 amide bonds. The number of nitrogens with one attached hydrogen (secondary N) is 1. The van der Waals surface area contributed by atoms with E-state index in [9.17, 15) is 14.9 Å². The number of fused-ring (bicyclic) bond motifs is 1. The van der Waals surface area contributed by atoms with Gasteiger partial charge in [0.15, 0.2) is 0 Å². The van der Waals surface area contributed by atoms with Crippen LogP contribution in [0.3, 0.4) is 0 Å². The largest absolute Gasteiger partial charge is 0.465 e. The Balaban J connectivity index is 1.91. The third-order valence-corrected chi connectivity index (χ3v) is 4.29. The number of para-hydroxylation sites is 1. The van der Waals surface area contributed by atoms with Crippen molar-refractivity contribution in [3.8, 4) is 6.07 Å². The molecule has 1 N–H and O–H groups in total. The number of esters is 1. The second-order valence-electron chi connectivity index (χ2n) is 6.31. The third kappa shape index (κ3) is 4.10. The summed E-state index contributed by atoms with van der Waals surface area (Å²) in [6.07, 6.45) is 3.22. The predicted molar refractivity (Wildman–Crippen MR) is 107 cm³/mol. The van der Waals surface area contributed by atoms with Crippen molar-refractivity contribution < 1.29 is 14.3 Å².